The van der Waals surface area contributed by atoms with Gasteiger partial charge in [-0.25, -0.2) is 19.9 Å². The molecule has 0 N–H and O–H groups in total. The van der Waals surface area contributed by atoms with E-state index in [-0.39, 0.29) is 0 Å². The lowest BCUT2D eigenvalue weighted by Gasteiger charge is -2.18. The van der Waals surface area contributed by atoms with Gasteiger partial charge in [0, 0.05) is 43.0 Å². The Labute approximate surface area is 164 Å². The maximum absolute atomic E-state index is 4.90. The molecule has 3 heterocycles. The molecule has 138 valence electrons. The van der Waals surface area contributed by atoms with E-state index in [2.05, 4.69) is 51.1 Å². The van der Waals surface area contributed by atoms with Crippen molar-refractivity contribution in [3.8, 4) is 22.4 Å². The summed E-state index contributed by atoms with van der Waals surface area (Å²) >= 11 is 0. The van der Waals surface area contributed by atoms with E-state index >= 15 is 0 Å². The number of aromatic nitrogens is 5. The maximum atomic E-state index is 4.90. The summed E-state index contributed by atoms with van der Waals surface area (Å²) in [6.45, 7) is 2.68. The Kier molecular flexibility index (Phi) is 5.01. The van der Waals surface area contributed by atoms with Crippen LogP contribution in [0.25, 0.3) is 22.4 Å². The molecule has 0 fully saturated rings. The number of hydrogen-bond donors (Lipinski definition) is 0. The normalized spacial score (nSPS) is 10.6. The van der Waals surface area contributed by atoms with Gasteiger partial charge in [-0.1, -0.05) is 29.8 Å². The predicted molar refractivity (Wildman–Crippen MR) is 110 cm³/mol. The smallest absolute Gasteiger partial charge is 0.225 e. The first-order valence-electron chi connectivity index (χ1n) is 9.01. The summed E-state index contributed by atoms with van der Waals surface area (Å²) in [5, 5.41) is 0. The van der Waals surface area contributed by atoms with Crippen molar-refractivity contribution in [2.45, 2.75) is 13.5 Å². The molecule has 0 saturated carbocycles. The van der Waals surface area contributed by atoms with Gasteiger partial charge in [-0.2, -0.15) is 0 Å². The van der Waals surface area contributed by atoms with E-state index in [9.17, 15) is 0 Å². The summed E-state index contributed by atoms with van der Waals surface area (Å²) in [6, 6.07) is 14.2. The highest BCUT2D eigenvalue weighted by molar-refractivity contribution is 5.80. The Morgan fingerprint density at radius 1 is 0.821 bits per heavy atom. The predicted octanol–water partition coefficient (Wildman–Crippen LogP) is 3.94. The van der Waals surface area contributed by atoms with E-state index in [1.807, 2.05) is 36.3 Å². The Morgan fingerprint density at radius 3 is 2.29 bits per heavy atom. The van der Waals surface area contributed by atoms with Crippen molar-refractivity contribution in [3.05, 3.63) is 84.8 Å². The van der Waals surface area contributed by atoms with Crippen molar-refractivity contribution in [3.63, 3.8) is 0 Å². The Morgan fingerprint density at radius 2 is 1.57 bits per heavy atom. The van der Waals surface area contributed by atoms with Gasteiger partial charge < -0.3 is 4.90 Å². The summed E-state index contributed by atoms with van der Waals surface area (Å²) in [6.07, 6.45) is 8.73. The third kappa shape index (κ3) is 3.86. The van der Waals surface area contributed by atoms with Crippen molar-refractivity contribution in [1.29, 1.82) is 0 Å². The van der Waals surface area contributed by atoms with Gasteiger partial charge in [0.25, 0.3) is 0 Å². The lowest BCUT2D eigenvalue weighted by molar-refractivity contribution is 0.836. The molecule has 4 aromatic rings. The summed E-state index contributed by atoms with van der Waals surface area (Å²) in [5.74, 6) is 0.645. The molecule has 4 rings (SSSR count). The van der Waals surface area contributed by atoms with Gasteiger partial charge in [-0.05, 0) is 30.7 Å². The first kappa shape index (κ1) is 17.7. The van der Waals surface area contributed by atoms with Gasteiger partial charge in [0.05, 0.1) is 17.9 Å². The topological polar surface area (TPSA) is 67.7 Å². The van der Waals surface area contributed by atoms with E-state index in [1.54, 1.807) is 24.9 Å². The molecule has 6 nitrogen and oxygen atoms in total. The van der Waals surface area contributed by atoms with E-state index < -0.39 is 0 Å². The van der Waals surface area contributed by atoms with Crippen LogP contribution >= 0.6 is 0 Å². The van der Waals surface area contributed by atoms with Crippen molar-refractivity contribution < 1.29 is 0 Å². The summed E-state index contributed by atoms with van der Waals surface area (Å²) in [4.78, 5) is 23.9. The number of benzene rings is 1. The molecule has 0 aliphatic carbocycles. The maximum Gasteiger partial charge on any atom is 0.225 e. The van der Waals surface area contributed by atoms with E-state index in [0.717, 1.165) is 28.1 Å². The number of anilines is 1. The SMILES string of the molecule is Cc1ccc(-c2nc(N(C)Cc3ccncn3)ncc2-c2ccncc2)cc1. The third-order valence-electron chi connectivity index (χ3n) is 4.48. The molecule has 1 aromatic carbocycles. The van der Waals surface area contributed by atoms with Crippen LogP contribution in [0.3, 0.4) is 0 Å². The fraction of sp³-hybridized carbons (Fsp3) is 0.136. The number of pyridine rings is 1. The average Bonchev–Trinajstić information content (AvgIpc) is 2.75. The molecule has 0 amide bonds. The Hall–Kier alpha value is -3.67. The fourth-order valence-electron chi connectivity index (χ4n) is 2.96. The zero-order valence-corrected chi connectivity index (χ0v) is 15.8. The molecular weight excluding hydrogens is 348 g/mol. The summed E-state index contributed by atoms with van der Waals surface area (Å²) in [5.41, 5.74) is 6.09. The van der Waals surface area contributed by atoms with E-state index in [0.29, 0.717) is 12.5 Å². The quantitative estimate of drug-likeness (QED) is 0.531. The average molecular weight is 368 g/mol. The van der Waals surface area contributed by atoms with Gasteiger partial charge in [0.15, 0.2) is 0 Å². The van der Waals surface area contributed by atoms with Gasteiger partial charge in [0.2, 0.25) is 5.95 Å². The molecule has 0 saturated heterocycles. The molecule has 28 heavy (non-hydrogen) atoms. The van der Waals surface area contributed by atoms with Gasteiger partial charge >= 0.3 is 0 Å². The van der Waals surface area contributed by atoms with E-state index in [1.165, 1.54) is 5.56 Å². The second-order valence-corrected chi connectivity index (χ2v) is 6.59. The minimum atomic E-state index is 0.602. The van der Waals surface area contributed by atoms with Crippen LogP contribution in [0, 0.1) is 6.92 Å². The molecular formula is C22H20N6. The first-order valence-corrected chi connectivity index (χ1v) is 9.01. The molecule has 0 aliphatic heterocycles. The van der Waals surface area contributed by atoms with E-state index in [4.69, 9.17) is 4.98 Å². The molecule has 6 heteroatoms. The van der Waals surface area contributed by atoms with Crippen LogP contribution in [0.5, 0.6) is 0 Å². The standard InChI is InChI=1S/C22H20N6/c1-16-3-5-18(6-4-16)21-20(17-7-10-23-11-8-17)13-25-22(27-21)28(2)14-19-9-12-24-15-26-19/h3-13,15H,14H2,1-2H3. The van der Waals surface area contributed by atoms with Crippen molar-refractivity contribution >= 4 is 5.95 Å². The molecule has 0 aliphatic rings. The lowest BCUT2D eigenvalue weighted by atomic mass is 10.0. The van der Waals surface area contributed by atoms with Crippen molar-refractivity contribution in [2.24, 2.45) is 0 Å². The molecule has 0 atom stereocenters. The van der Waals surface area contributed by atoms with Crippen molar-refractivity contribution in [1.82, 2.24) is 24.9 Å². The minimum absolute atomic E-state index is 0.602. The number of aryl methyl sites for hydroxylation is 1. The van der Waals surface area contributed by atoms with Gasteiger partial charge in [-0.15, -0.1) is 0 Å². The molecule has 0 bridgehead atoms. The first-order chi connectivity index (χ1) is 13.7. The highest BCUT2D eigenvalue weighted by atomic mass is 15.2. The van der Waals surface area contributed by atoms with Gasteiger partial charge in [0.1, 0.15) is 6.33 Å². The van der Waals surface area contributed by atoms with Gasteiger partial charge in [-0.3, -0.25) is 4.98 Å². The molecule has 3 aromatic heterocycles. The van der Waals surface area contributed by atoms with Crippen LogP contribution in [-0.2, 0) is 6.54 Å². The minimum Gasteiger partial charge on any atom is -0.338 e. The number of nitrogens with zero attached hydrogens (tertiary/aromatic N) is 6. The number of hydrogen-bond acceptors (Lipinski definition) is 6. The van der Waals surface area contributed by atoms with Crippen LogP contribution < -0.4 is 4.90 Å². The molecule has 0 unspecified atom stereocenters. The van der Waals surface area contributed by atoms with Crippen LogP contribution in [-0.4, -0.2) is 32.0 Å². The zero-order valence-electron chi connectivity index (χ0n) is 15.8. The monoisotopic (exact) mass is 368 g/mol. The second-order valence-electron chi connectivity index (χ2n) is 6.59. The zero-order chi connectivity index (χ0) is 19.3. The number of rotatable bonds is 5. The fourth-order valence-corrected chi connectivity index (χ4v) is 2.96. The van der Waals surface area contributed by atoms with Crippen LogP contribution in [0.15, 0.2) is 73.6 Å². The second kappa shape index (κ2) is 7.92. The summed E-state index contributed by atoms with van der Waals surface area (Å²) < 4.78 is 0. The van der Waals surface area contributed by atoms with Crippen molar-refractivity contribution in [2.75, 3.05) is 11.9 Å². The van der Waals surface area contributed by atoms with Crippen LogP contribution in [0.4, 0.5) is 5.95 Å². The lowest BCUT2D eigenvalue weighted by Crippen LogP contribution is -2.20. The Bertz CT molecular complexity index is 1050. The van der Waals surface area contributed by atoms with Crippen LogP contribution in [0.2, 0.25) is 0 Å². The third-order valence-corrected chi connectivity index (χ3v) is 4.48. The summed E-state index contributed by atoms with van der Waals surface area (Å²) in [7, 11) is 1.96. The largest absolute Gasteiger partial charge is 0.338 e. The molecule has 0 radical (unpaired) electrons. The highest BCUT2D eigenvalue weighted by Gasteiger charge is 2.14. The Balaban J connectivity index is 1.76. The highest BCUT2D eigenvalue weighted by Crippen LogP contribution is 2.31. The molecule has 0 spiro atoms. The van der Waals surface area contributed by atoms with Crippen LogP contribution in [0.1, 0.15) is 11.3 Å².